The third-order valence-electron chi connectivity index (χ3n) is 3.19. The molecule has 0 bridgehead atoms. The van der Waals surface area contributed by atoms with E-state index >= 15 is 0 Å². The highest BCUT2D eigenvalue weighted by Crippen LogP contribution is 2.25. The molecule has 0 saturated heterocycles. The summed E-state index contributed by atoms with van der Waals surface area (Å²) in [4.78, 5) is 24.1. The molecule has 5 heteroatoms. The number of nitrogens with one attached hydrogen (secondary N) is 2. The summed E-state index contributed by atoms with van der Waals surface area (Å²) >= 11 is 0. The molecule has 2 amide bonds. The van der Waals surface area contributed by atoms with Gasteiger partial charge in [-0.25, -0.2) is 0 Å². The molecule has 116 valence electrons. The van der Waals surface area contributed by atoms with Crippen LogP contribution >= 0.6 is 0 Å². The maximum atomic E-state index is 12.3. The monoisotopic (exact) mass is 300 g/mol. The van der Waals surface area contributed by atoms with E-state index in [4.69, 9.17) is 4.74 Å². The van der Waals surface area contributed by atoms with Crippen LogP contribution in [-0.4, -0.2) is 25.0 Å². The van der Waals surface area contributed by atoms with Crippen LogP contribution in [0.4, 0.5) is 5.69 Å². The summed E-state index contributed by atoms with van der Waals surface area (Å²) in [5, 5.41) is 5.63. The molecule has 1 aliphatic rings. The van der Waals surface area contributed by atoms with Gasteiger partial charge in [0.05, 0.1) is 18.4 Å². The minimum absolute atomic E-state index is 0.200. The molecular weight excluding hydrogens is 280 g/mol. The molecule has 0 unspecified atom stereocenters. The van der Waals surface area contributed by atoms with E-state index in [1.165, 1.54) is 13.2 Å². The third kappa shape index (κ3) is 4.48. The van der Waals surface area contributed by atoms with Crippen LogP contribution < -0.4 is 15.4 Å². The first-order valence-electron chi connectivity index (χ1n) is 7.23. The van der Waals surface area contributed by atoms with Crippen molar-refractivity contribution in [1.29, 1.82) is 0 Å². The fraction of sp³-hybridized carbons (Fsp3) is 0.294. The molecular formula is C17H20N2O3. The number of hydrogen-bond acceptors (Lipinski definition) is 3. The number of carbonyl (C=O) groups excluding carboxylic acids is 2. The SMILES string of the molecule is C/C=C/C=C\C(=O)Nc1ccc(OC)cc1C(=O)NC1CC1. The quantitative estimate of drug-likeness (QED) is 0.627. The number of amides is 2. The van der Waals surface area contributed by atoms with Gasteiger partial charge in [0.25, 0.3) is 5.91 Å². The molecule has 0 aromatic heterocycles. The van der Waals surface area contributed by atoms with E-state index in [0.717, 1.165) is 12.8 Å². The zero-order valence-electron chi connectivity index (χ0n) is 12.8. The number of allylic oxidation sites excluding steroid dienone is 3. The van der Waals surface area contributed by atoms with Crippen molar-refractivity contribution in [3.05, 3.63) is 48.1 Å². The van der Waals surface area contributed by atoms with Crippen LogP contribution in [0.2, 0.25) is 0 Å². The number of rotatable bonds is 6. The number of carbonyl (C=O) groups is 2. The van der Waals surface area contributed by atoms with Crippen molar-refractivity contribution in [2.24, 2.45) is 0 Å². The zero-order chi connectivity index (χ0) is 15.9. The van der Waals surface area contributed by atoms with E-state index in [0.29, 0.717) is 17.0 Å². The highest BCUT2D eigenvalue weighted by Gasteiger charge is 2.25. The average molecular weight is 300 g/mol. The van der Waals surface area contributed by atoms with Crippen LogP contribution in [0.1, 0.15) is 30.1 Å². The van der Waals surface area contributed by atoms with Gasteiger partial charge in [0.2, 0.25) is 5.91 Å². The van der Waals surface area contributed by atoms with Crippen molar-refractivity contribution in [2.45, 2.75) is 25.8 Å². The fourth-order valence-corrected chi connectivity index (χ4v) is 1.87. The van der Waals surface area contributed by atoms with Gasteiger partial charge in [-0.3, -0.25) is 9.59 Å². The summed E-state index contributed by atoms with van der Waals surface area (Å²) < 4.78 is 5.15. The highest BCUT2D eigenvalue weighted by molar-refractivity contribution is 6.06. The number of anilines is 1. The predicted octanol–water partition coefficient (Wildman–Crippen LogP) is 2.66. The number of ether oxygens (including phenoxy) is 1. The van der Waals surface area contributed by atoms with Crippen molar-refractivity contribution >= 4 is 17.5 Å². The molecule has 22 heavy (non-hydrogen) atoms. The van der Waals surface area contributed by atoms with Gasteiger partial charge in [-0.05, 0) is 38.0 Å². The Hall–Kier alpha value is -2.56. The predicted molar refractivity (Wildman–Crippen MR) is 86.1 cm³/mol. The third-order valence-corrected chi connectivity index (χ3v) is 3.19. The highest BCUT2D eigenvalue weighted by atomic mass is 16.5. The molecule has 0 radical (unpaired) electrons. The van der Waals surface area contributed by atoms with E-state index in [9.17, 15) is 9.59 Å². The molecule has 1 aliphatic carbocycles. The van der Waals surface area contributed by atoms with Gasteiger partial charge in [-0.1, -0.05) is 18.2 Å². The number of methoxy groups -OCH3 is 1. The Morgan fingerprint density at radius 3 is 2.68 bits per heavy atom. The summed E-state index contributed by atoms with van der Waals surface area (Å²) in [6, 6.07) is 5.25. The fourth-order valence-electron chi connectivity index (χ4n) is 1.87. The number of hydrogen-bond donors (Lipinski definition) is 2. The standard InChI is InChI=1S/C17H20N2O3/c1-3-4-5-6-16(20)19-15-10-9-13(22-2)11-14(15)17(21)18-12-7-8-12/h3-6,9-12H,7-8H2,1-2H3,(H,18,21)(H,19,20)/b4-3+,6-5-. The van der Waals surface area contributed by atoms with E-state index < -0.39 is 0 Å². The summed E-state index contributed by atoms with van der Waals surface area (Å²) in [5.74, 6) is 0.0845. The molecule has 0 spiro atoms. The van der Waals surface area contributed by atoms with Crippen LogP contribution in [0.15, 0.2) is 42.5 Å². The summed E-state index contributed by atoms with van der Waals surface area (Å²) in [7, 11) is 1.54. The summed E-state index contributed by atoms with van der Waals surface area (Å²) in [5.41, 5.74) is 0.869. The van der Waals surface area contributed by atoms with E-state index in [-0.39, 0.29) is 17.9 Å². The van der Waals surface area contributed by atoms with Crippen molar-refractivity contribution in [2.75, 3.05) is 12.4 Å². The minimum atomic E-state index is -0.288. The zero-order valence-corrected chi connectivity index (χ0v) is 12.8. The molecule has 0 atom stereocenters. The summed E-state index contributed by atoms with van der Waals surface area (Å²) in [6.45, 7) is 1.87. The molecule has 2 rings (SSSR count). The largest absolute Gasteiger partial charge is 0.497 e. The van der Waals surface area contributed by atoms with Crippen LogP contribution in [0.3, 0.4) is 0 Å². The average Bonchev–Trinajstić information content (AvgIpc) is 3.31. The second-order valence-corrected chi connectivity index (χ2v) is 5.03. The first-order valence-corrected chi connectivity index (χ1v) is 7.23. The Kier molecular flexibility index (Phi) is 5.36. The Bertz CT molecular complexity index is 616. The van der Waals surface area contributed by atoms with Gasteiger partial charge in [-0.15, -0.1) is 0 Å². The lowest BCUT2D eigenvalue weighted by Gasteiger charge is -2.12. The molecule has 1 aromatic rings. The summed E-state index contributed by atoms with van der Waals surface area (Å²) in [6.07, 6.45) is 8.64. The maximum Gasteiger partial charge on any atom is 0.253 e. The van der Waals surface area contributed by atoms with Gasteiger partial charge in [-0.2, -0.15) is 0 Å². The van der Waals surface area contributed by atoms with Crippen molar-refractivity contribution in [3.8, 4) is 5.75 Å². The Labute approximate surface area is 130 Å². The van der Waals surface area contributed by atoms with Crippen LogP contribution in [-0.2, 0) is 4.79 Å². The minimum Gasteiger partial charge on any atom is -0.497 e. The molecule has 0 heterocycles. The second kappa shape index (κ2) is 7.45. The first-order chi connectivity index (χ1) is 10.6. The Balaban J connectivity index is 2.17. The lowest BCUT2D eigenvalue weighted by Crippen LogP contribution is -2.26. The maximum absolute atomic E-state index is 12.3. The molecule has 0 aliphatic heterocycles. The second-order valence-electron chi connectivity index (χ2n) is 5.03. The lowest BCUT2D eigenvalue weighted by atomic mass is 10.1. The number of benzene rings is 1. The van der Waals surface area contributed by atoms with Gasteiger partial charge >= 0.3 is 0 Å². The molecule has 2 N–H and O–H groups in total. The van der Waals surface area contributed by atoms with Crippen LogP contribution in [0.5, 0.6) is 5.75 Å². The normalized spacial score (nSPS) is 14.3. The lowest BCUT2D eigenvalue weighted by molar-refractivity contribution is -0.111. The van der Waals surface area contributed by atoms with E-state index in [1.807, 2.05) is 13.0 Å². The Morgan fingerprint density at radius 2 is 2.05 bits per heavy atom. The van der Waals surface area contributed by atoms with E-state index in [2.05, 4.69) is 10.6 Å². The van der Waals surface area contributed by atoms with Gasteiger partial charge in [0.1, 0.15) is 5.75 Å². The van der Waals surface area contributed by atoms with Crippen molar-refractivity contribution in [1.82, 2.24) is 5.32 Å². The van der Waals surface area contributed by atoms with Gasteiger partial charge in [0, 0.05) is 12.1 Å². The smallest absolute Gasteiger partial charge is 0.253 e. The van der Waals surface area contributed by atoms with Crippen molar-refractivity contribution < 1.29 is 14.3 Å². The molecule has 5 nitrogen and oxygen atoms in total. The molecule has 1 fully saturated rings. The van der Waals surface area contributed by atoms with Gasteiger partial charge < -0.3 is 15.4 Å². The van der Waals surface area contributed by atoms with Crippen LogP contribution in [0.25, 0.3) is 0 Å². The van der Waals surface area contributed by atoms with Gasteiger partial charge in [0.15, 0.2) is 0 Å². The topological polar surface area (TPSA) is 67.4 Å². The molecule has 1 saturated carbocycles. The molecule has 1 aromatic carbocycles. The first kappa shape index (κ1) is 15.8. The van der Waals surface area contributed by atoms with E-state index in [1.54, 1.807) is 30.4 Å². The van der Waals surface area contributed by atoms with Crippen molar-refractivity contribution in [3.63, 3.8) is 0 Å². The van der Waals surface area contributed by atoms with Crippen LogP contribution in [0, 0.1) is 0 Å². The Morgan fingerprint density at radius 1 is 1.27 bits per heavy atom.